The lowest BCUT2D eigenvalue weighted by Gasteiger charge is -1.88. The minimum atomic E-state index is 1.23. The molecule has 38 valence electrons. The van der Waals surface area contributed by atoms with E-state index >= 15 is 0 Å². The molecule has 0 heterocycles. The van der Waals surface area contributed by atoms with Crippen molar-refractivity contribution in [2.45, 2.75) is 12.5 Å². The Hall–Kier alpha value is -0.303. The van der Waals surface area contributed by atoms with Crippen LogP contribution in [0.2, 0.25) is 6.04 Å². The normalized spacial score (nSPS) is 18.0. The molecule has 0 saturated heterocycles. The Morgan fingerprint density at radius 1 is 1.71 bits per heavy atom. The van der Waals surface area contributed by atoms with Gasteiger partial charge in [0.05, 0.1) is 0 Å². The second-order valence-corrected chi connectivity index (χ2v) is 2.52. The van der Waals surface area contributed by atoms with Crippen molar-refractivity contribution in [3.05, 3.63) is 23.8 Å². The highest BCUT2D eigenvalue weighted by Crippen LogP contribution is 2.11. The molecule has 0 aromatic rings. The molecule has 0 nitrogen and oxygen atoms in total. The summed E-state index contributed by atoms with van der Waals surface area (Å²) in [7, 11) is 1.32. The van der Waals surface area contributed by atoms with Crippen molar-refractivity contribution in [1.29, 1.82) is 0 Å². The summed E-state index contributed by atoms with van der Waals surface area (Å²) in [6, 6.07) is 1.35. The monoisotopic (exact) mass is 110 g/mol. The van der Waals surface area contributed by atoms with Crippen LogP contribution >= 0.6 is 0 Å². The van der Waals surface area contributed by atoms with Gasteiger partial charge in [0.2, 0.25) is 0 Å². The van der Waals surface area contributed by atoms with Crippen LogP contribution in [-0.2, 0) is 0 Å². The van der Waals surface area contributed by atoms with Crippen molar-refractivity contribution in [3.63, 3.8) is 0 Å². The van der Waals surface area contributed by atoms with Gasteiger partial charge < -0.3 is 0 Å². The maximum atomic E-state index is 2.23. The molecular weight excluding hydrogens is 100 g/mol. The molecule has 0 aliphatic heterocycles. The van der Waals surface area contributed by atoms with E-state index in [1.807, 2.05) is 0 Å². The molecule has 0 spiro atoms. The van der Waals surface area contributed by atoms with Gasteiger partial charge in [-0.1, -0.05) is 23.8 Å². The number of hydrogen-bond acceptors (Lipinski definition) is 0. The SMILES string of the molecule is [SiH3]CC1=CC=CC1. The fourth-order valence-electron chi connectivity index (χ4n) is 0.754. The maximum absolute atomic E-state index is 2.23. The summed E-state index contributed by atoms with van der Waals surface area (Å²) in [6.45, 7) is 0. The summed E-state index contributed by atoms with van der Waals surface area (Å²) in [5, 5.41) is 0. The Balaban J connectivity index is 2.45. The van der Waals surface area contributed by atoms with Gasteiger partial charge in [-0.25, -0.2) is 0 Å². The first kappa shape index (κ1) is 4.85. The van der Waals surface area contributed by atoms with E-state index in [0.29, 0.717) is 0 Å². The molecule has 0 fully saturated rings. The summed E-state index contributed by atoms with van der Waals surface area (Å²) in [5.74, 6) is 0. The topological polar surface area (TPSA) is 0 Å². The molecule has 1 rings (SSSR count). The fraction of sp³-hybridized carbons (Fsp3) is 0.333. The second-order valence-electron chi connectivity index (χ2n) is 1.81. The van der Waals surface area contributed by atoms with E-state index in [9.17, 15) is 0 Å². The molecule has 0 amide bonds. The Morgan fingerprint density at radius 3 is 2.86 bits per heavy atom. The van der Waals surface area contributed by atoms with Crippen molar-refractivity contribution in [3.8, 4) is 0 Å². The summed E-state index contributed by atoms with van der Waals surface area (Å²) >= 11 is 0. The van der Waals surface area contributed by atoms with Gasteiger partial charge in [0, 0.05) is 10.2 Å². The average Bonchev–Trinajstić information content (AvgIpc) is 2.14. The molecule has 0 radical (unpaired) electrons. The Kier molecular flexibility index (Phi) is 1.47. The molecule has 0 aromatic carbocycles. The summed E-state index contributed by atoms with van der Waals surface area (Å²) in [6.07, 6.45) is 7.82. The Morgan fingerprint density at radius 2 is 2.57 bits per heavy atom. The predicted molar refractivity (Wildman–Crippen MR) is 36.6 cm³/mol. The van der Waals surface area contributed by atoms with E-state index in [2.05, 4.69) is 18.2 Å². The lowest BCUT2D eigenvalue weighted by molar-refractivity contribution is 1.25. The molecule has 0 atom stereocenters. The van der Waals surface area contributed by atoms with E-state index in [1.54, 1.807) is 5.57 Å². The zero-order chi connectivity index (χ0) is 5.11. The van der Waals surface area contributed by atoms with Gasteiger partial charge >= 0.3 is 0 Å². The van der Waals surface area contributed by atoms with Gasteiger partial charge in [-0.2, -0.15) is 0 Å². The van der Waals surface area contributed by atoms with Gasteiger partial charge in [0.1, 0.15) is 0 Å². The first-order valence-electron chi connectivity index (χ1n) is 2.78. The highest BCUT2D eigenvalue weighted by Gasteiger charge is 1.91. The van der Waals surface area contributed by atoms with Crippen LogP contribution in [0.3, 0.4) is 0 Å². The lowest BCUT2D eigenvalue weighted by atomic mass is 10.3. The van der Waals surface area contributed by atoms with Crippen molar-refractivity contribution in [1.82, 2.24) is 0 Å². The van der Waals surface area contributed by atoms with Crippen molar-refractivity contribution in [2.24, 2.45) is 0 Å². The molecule has 0 unspecified atom stereocenters. The van der Waals surface area contributed by atoms with Crippen LogP contribution in [0.1, 0.15) is 6.42 Å². The third kappa shape index (κ3) is 1.03. The third-order valence-corrected chi connectivity index (χ3v) is 2.21. The second kappa shape index (κ2) is 2.12. The average molecular weight is 110 g/mol. The molecule has 7 heavy (non-hydrogen) atoms. The zero-order valence-electron chi connectivity index (χ0n) is 4.65. The van der Waals surface area contributed by atoms with E-state index in [-0.39, 0.29) is 0 Å². The van der Waals surface area contributed by atoms with E-state index in [0.717, 1.165) is 0 Å². The van der Waals surface area contributed by atoms with Crippen LogP contribution in [0.15, 0.2) is 23.8 Å². The van der Waals surface area contributed by atoms with Crippen LogP contribution in [-0.4, -0.2) is 10.2 Å². The van der Waals surface area contributed by atoms with Gasteiger partial charge in [0.25, 0.3) is 0 Å². The minimum Gasteiger partial charge on any atom is -0.0805 e. The van der Waals surface area contributed by atoms with Crippen LogP contribution in [0.5, 0.6) is 0 Å². The van der Waals surface area contributed by atoms with Crippen LogP contribution < -0.4 is 0 Å². The number of allylic oxidation sites excluding steroid dienone is 4. The Bertz CT molecular complexity index is 111. The molecule has 1 heteroatoms. The van der Waals surface area contributed by atoms with E-state index in [4.69, 9.17) is 0 Å². The Labute approximate surface area is 47.3 Å². The molecule has 0 aromatic heterocycles. The van der Waals surface area contributed by atoms with Gasteiger partial charge in [-0.05, 0) is 12.5 Å². The summed E-state index contributed by atoms with van der Waals surface area (Å²) < 4.78 is 0. The van der Waals surface area contributed by atoms with E-state index in [1.165, 1.54) is 22.7 Å². The largest absolute Gasteiger partial charge is 0.0805 e. The fourth-order valence-corrected chi connectivity index (χ4v) is 1.28. The standard InChI is InChI=1S/C6H10Si/c7-5-6-3-1-2-4-6/h1-3H,4-5H2,7H3. The first-order chi connectivity index (χ1) is 3.43. The molecule has 1 aliphatic carbocycles. The van der Waals surface area contributed by atoms with Gasteiger partial charge in [0.15, 0.2) is 0 Å². The molecule has 0 saturated carbocycles. The maximum Gasteiger partial charge on any atom is 0.00793 e. The molecule has 1 aliphatic rings. The quantitative estimate of drug-likeness (QED) is 0.435. The number of rotatable bonds is 1. The molecule has 0 N–H and O–H groups in total. The van der Waals surface area contributed by atoms with E-state index < -0.39 is 0 Å². The summed E-state index contributed by atoms with van der Waals surface area (Å²) in [4.78, 5) is 0. The molecule has 0 bridgehead atoms. The zero-order valence-corrected chi connectivity index (χ0v) is 6.65. The molecular formula is C6H10Si. The lowest BCUT2D eigenvalue weighted by Crippen LogP contribution is -1.72. The predicted octanol–water partition coefficient (Wildman–Crippen LogP) is 0.656. The first-order valence-corrected chi connectivity index (χ1v) is 4.19. The van der Waals surface area contributed by atoms with Crippen LogP contribution in [0.4, 0.5) is 0 Å². The summed E-state index contributed by atoms with van der Waals surface area (Å²) in [5.41, 5.74) is 1.62. The van der Waals surface area contributed by atoms with Crippen molar-refractivity contribution in [2.75, 3.05) is 0 Å². The highest BCUT2D eigenvalue weighted by molar-refractivity contribution is 6.10. The van der Waals surface area contributed by atoms with Crippen LogP contribution in [0.25, 0.3) is 0 Å². The smallest absolute Gasteiger partial charge is 0.00793 e. The minimum absolute atomic E-state index is 1.23. The van der Waals surface area contributed by atoms with Crippen molar-refractivity contribution < 1.29 is 0 Å². The van der Waals surface area contributed by atoms with Crippen molar-refractivity contribution >= 4 is 10.2 Å². The van der Waals surface area contributed by atoms with Gasteiger partial charge in [-0.15, -0.1) is 0 Å². The highest BCUT2D eigenvalue weighted by atomic mass is 28.1. The number of hydrogen-bond donors (Lipinski definition) is 0. The van der Waals surface area contributed by atoms with Crippen LogP contribution in [0, 0.1) is 0 Å². The third-order valence-electron chi connectivity index (χ3n) is 1.30. The van der Waals surface area contributed by atoms with Gasteiger partial charge in [-0.3, -0.25) is 0 Å².